The summed E-state index contributed by atoms with van der Waals surface area (Å²) >= 11 is 0. The molecule has 0 unspecified atom stereocenters. The van der Waals surface area contributed by atoms with Crippen LogP contribution in [0, 0.1) is 0 Å². The fourth-order valence-electron chi connectivity index (χ4n) is 1.26. The van der Waals surface area contributed by atoms with Crippen LogP contribution in [0.1, 0.15) is 19.8 Å². The lowest BCUT2D eigenvalue weighted by Gasteiger charge is -2.32. The van der Waals surface area contributed by atoms with Crippen molar-refractivity contribution in [2.45, 2.75) is 31.9 Å². The average Bonchev–Trinajstić information content (AvgIpc) is 1.80. The molecular weight excluding hydrogens is 114 g/mol. The van der Waals surface area contributed by atoms with E-state index in [1.807, 2.05) is 0 Å². The molecule has 1 aliphatic heterocycles. The lowest BCUT2D eigenvalue weighted by atomic mass is 10.0. The zero-order valence-electron chi connectivity index (χ0n) is 6.17. The van der Waals surface area contributed by atoms with Crippen molar-refractivity contribution in [2.24, 2.45) is 0 Å². The second kappa shape index (κ2) is 2.67. The number of hydrogen-bond donors (Lipinski definition) is 1. The van der Waals surface area contributed by atoms with Gasteiger partial charge in [0.25, 0.3) is 0 Å². The van der Waals surface area contributed by atoms with E-state index in [9.17, 15) is 0 Å². The summed E-state index contributed by atoms with van der Waals surface area (Å²) in [5, 5.41) is 9.16. The Kier molecular flexibility index (Phi) is 2.09. The van der Waals surface area contributed by atoms with Crippen molar-refractivity contribution < 1.29 is 5.11 Å². The molecule has 0 amide bonds. The number of likely N-dealkylation sites (N-methyl/N-ethyl adjacent to an activating group) is 1. The molecule has 54 valence electrons. The van der Waals surface area contributed by atoms with E-state index in [1.165, 1.54) is 0 Å². The SMILES string of the molecule is C[C@H]1CC[C@@H](O)CN1C. The van der Waals surface area contributed by atoms with Gasteiger partial charge in [0, 0.05) is 12.6 Å². The molecule has 2 atom stereocenters. The number of nitrogens with zero attached hydrogens (tertiary/aromatic N) is 1. The minimum Gasteiger partial charge on any atom is -0.392 e. The van der Waals surface area contributed by atoms with Crippen LogP contribution in [0.25, 0.3) is 0 Å². The molecule has 0 aromatic heterocycles. The second-order valence-corrected chi connectivity index (χ2v) is 3.02. The van der Waals surface area contributed by atoms with Gasteiger partial charge in [-0.1, -0.05) is 0 Å². The van der Waals surface area contributed by atoms with Crippen LogP contribution in [0.2, 0.25) is 0 Å². The number of hydrogen-bond acceptors (Lipinski definition) is 2. The van der Waals surface area contributed by atoms with E-state index in [-0.39, 0.29) is 6.10 Å². The third kappa shape index (κ3) is 1.66. The molecule has 1 rings (SSSR count). The van der Waals surface area contributed by atoms with Crippen LogP contribution in [-0.4, -0.2) is 35.7 Å². The first-order valence-electron chi connectivity index (χ1n) is 3.58. The Hall–Kier alpha value is -0.0800. The Morgan fingerprint density at radius 3 is 2.56 bits per heavy atom. The molecule has 0 saturated carbocycles. The van der Waals surface area contributed by atoms with Crippen LogP contribution >= 0.6 is 0 Å². The molecule has 0 aromatic carbocycles. The fourth-order valence-corrected chi connectivity index (χ4v) is 1.26. The Balaban J connectivity index is 2.35. The van der Waals surface area contributed by atoms with Crippen molar-refractivity contribution in [1.82, 2.24) is 4.90 Å². The Morgan fingerprint density at radius 1 is 1.44 bits per heavy atom. The van der Waals surface area contributed by atoms with Gasteiger partial charge in [-0.25, -0.2) is 0 Å². The van der Waals surface area contributed by atoms with Gasteiger partial charge in [0.2, 0.25) is 0 Å². The third-order valence-corrected chi connectivity index (χ3v) is 2.17. The molecule has 0 aromatic rings. The number of piperidine rings is 1. The predicted molar refractivity (Wildman–Crippen MR) is 37.3 cm³/mol. The number of aliphatic hydroxyl groups is 1. The molecular formula is C7H15NO. The third-order valence-electron chi connectivity index (χ3n) is 2.17. The number of likely N-dealkylation sites (tertiary alicyclic amines) is 1. The molecule has 0 radical (unpaired) electrons. The number of aliphatic hydroxyl groups excluding tert-OH is 1. The highest BCUT2D eigenvalue weighted by molar-refractivity contribution is 4.74. The quantitative estimate of drug-likeness (QED) is 0.513. The van der Waals surface area contributed by atoms with Crippen LogP contribution in [0.5, 0.6) is 0 Å². The summed E-state index contributed by atoms with van der Waals surface area (Å²) in [6, 6.07) is 0.661. The molecule has 1 aliphatic rings. The molecule has 1 N–H and O–H groups in total. The van der Waals surface area contributed by atoms with Gasteiger partial charge in [-0.15, -0.1) is 0 Å². The molecule has 0 spiro atoms. The van der Waals surface area contributed by atoms with Crippen LogP contribution in [0.4, 0.5) is 0 Å². The summed E-state index contributed by atoms with van der Waals surface area (Å²) < 4.78 is 0. The lowest BCUT2D eigenvalue weighted by molar-refractivity contribution is 0.0570. The normalized spacial score (nSPS) is 39.0. The molecule has 0 bridgehead atoms. The van der Waals surface area contributed by atoms with Crippen LogP contribution in [0.3, 0.4) is 0 Å². The van der Waals surface area contributed by atoms with Gasteiger partial charge >= 0.3 is 0 Å². The molecule has 2 nitrogen and oxygen atoms in total. The first kappa shape index (κ1) is 7.03. The molecule has 1 fully saturated rings. The first-order valence-corrected chi connectivity index (χ1v) is 3.58. The van der Waals surface area contributed by atoms with E-state index in [4.69, 9.17) is 5.11 Å². The smallest absolute Gasteiger partial charge is 0.0667 e. The minimum atomic E-state index is -0.0776. The van der Waals surface area contributed by atoms with E-state index >= 15 is 0 Å². The highest BCUT2D eigenvalue weighted by Crippen LogP contribution is 2.13. The Morgan fingerprint density at radius 2 is 2.11 bits per heavy atom. The predicted octanol–water partition coefficient (Wildman–Crippen LogP) is 0.461. The van der Waals surface area contributed by atoms with Crippen molar-refractivity contribution in [1.29, 1.82) is 0 Å². The van der Waals surface area contributed by atoms with Gasteiger partial charge in [-0.05, 0) is 26.8 Å². The molecule has 0 aliphatic carbocycles. The number of rotatable bonds is 0. The maximum atomic E-state index is 9.16. The Labute approximate surface area is 56.5 Å². The minimum absolute atomic E-state index is 0.0776. The van der Waals surface area contributed by atoms with Gasteiger partial charge in [0.05, 0.1) is 6.10 Å². The zero-order valence-corrected chi connectivity index (χ0v) is 6.17. The average molecular weight is 129 g/mol. The van der Waals surface area contributed by atoms with Gasteiger partial charge in [-0.3, -0.25) is 0 Å². The van der Waals surface area contributed by atoms with E-state index in [0.717, 1.165) is 19.4 Å². The summed E-state index contributed by atoms with van der Waals surface area (Å²) in [4.78, 5) is 2.20. The largest absolute Gasteiger partial charge is 0.392 e. The van der Waals surface area contributed by atoms with Gasteiger partial charge in [-0.2, -0.15) is 0 Å². The van der Waals surface area contributed by atoms with E-state index in [1.54, 1.807) is 0 Å². The second-order valence-electron chi connectivity index (χ2n) is 3.02. The summed E-state index contributed by atoms with van der Waals surface area (Å²) in [5.74, 6) is 0. The van der Waals surface area contributed by atoms with Gasteiger partial charge < -0.3 is 10.0 Å². The maximum Gasteiger partial charge on any atom is 0.0667 e. The molecule has 1 saturated heterocycles. The van der Waals surface area contributed by atoms with Crippen molar-refractivity contribution in [2.75, 3.05) is 13.6 Å². The fraction of sp³-hybridized carbons (Fsp3) is 1.00. The molecule has 2 heteroatoms. The highest BCUT2D eigenvalue weighted by Gasteiger charge is 2.19. The van der Waals surface area contributed by atoms with E-state index < -0.39 is 0 Å². The first-order chi connectivity index (χ1) is 4.20. The van der Waals surface area contributed by atoms with Crippen molar-refractivity contribution in [3.63, 3.8) is 0 Å². The lowest BCUT2D eigenvalue weighted by Crippen LogP contribution is -2.41. The van der Waals surface area contributed by atoms with E-state index in [2.05, 4.69) is 18.9 Å². The maximum absolute atomic E-state index is 9.16. The van der Waals surface area contributed by atoms with Crippen molar-refractivity contribution in [3.05, 3.63) is 0 Å². The van der Waals surface area contributed by atoms with Gasteiger partial charge in [0.15, 0.2) is 0 Å². The van der Waals surface area contributed by atoms with Crippen LogP contribution in [0.15, 0.2) is 0 Å². The highest BCUT2D eigenvalue weighted by atomic mass is 16.3. The van der Waals surface area contributed by atoms with Crippen LogP contribution < -0.4 is 0 Å². The summed E-state index contributed by atoms with van der Waals surface area (Å²) in [6.07, 6.45) is 2.04. The Bertz CT molecular complexity index is 94.9. The molecule has 1 heterocycles. The summed E-state index contributed by atoms with van der Waals surface area (Å²) in [6.45, 7) is 3.05. The van der Waals surface area contributed by atoms with Crippen molar-refractivity contribution in [3.8, 4) is 0 Å². The monoisotopic (exact) mass is 129 g/mol. The van der Waals surface area contributed by atoms with E-state index in [0.29, 0.717) is 6.04 Å². The zero-order chi connectivity index (χ0) is 6.85. The number of β-amino-alcohol motifs (C(OH)–C–C–N with tert-alkyl or cyclic N) is 1. The topological polar surface area (TPSA) is 23.5 Å². The van der Waals surface area contributed by atoms with Gasteiger partial charge in [0.1, 0.15) is 0 Å². The van der Waals surface area contributed by atoms with Crippen LogP contribution in [-0.2, 0) is 0 Å². The standard InChI is InChI=1S/C7H15NO/c1-6-3-4-7(9)5-8(6)2/h6-7,9H,3-5H2,1-2H3/t6-,7+/m0/s1. The summed E-state index contributed by atoms with van der Waals surface area (Å²) in [7, 11) is 2.06. The molecule has 9 heavy (non-hydrogen) atoms. The summed E-state index contributed by atoms with van der Waals surface area (Å²) in [5.41, 5.74) is 0. The van der Waals surface area contributed by atoms with Crippen molar-refractivity contribution >= 4 is 0 Å².